The molecule has 0 aliphatic carbocycles. The van der Waals surface area contributed by atoms with Crippen LogP contribution in [0, 0.1) is 0 Å². The number of methoxy groups -OCH3 is 1. The molecule has 0 saturated carbocycles. The summed E-state index contributed by atoms with van der Waals surface area (Å²) in [6.45, 7) is 0. The Morgan fingerprint density at radius 3 is 2.72 bits per heavy atom. The van der Waals surface area contributed by atoms with Crippen LogP contribution in [0.3, 0.4) is 0 Å². The predicted molar refractivity (Wildman–Crippen MR) is 69.7 cm³/mol. The number of benzene rings is 1. The van der Waals surface area contributed by atoms with Crippen molar-refractivity contribution in [3.63, 3.8) is 0 Å². The molecule has 2 N–H and O–H groups in total. The average molecular weight is 263 g/mol. The molecule has 0 saturated heterocycles. The Labute approximate surface area is 107 Å². The van der Waals surface area contributed by atoms with Gasteiger partial charge in [0.2, 0.25) is 0 Å². The van der Waals surface area contributed by atoms with Gasteiger partial charge in [-0.2, -0.15) is 0 Å². The first-order valence-corrected chi connectivity index (χ1v) is 5.40. The van der Waals surface area contributed by atoms with Gasteiger partial charge in [0.1, 0.15) is 10.6 Å². The number of hydrogen-bond acceptors (Lipinski definition) is 5. The third-order valence-electron chi connectivity index (χ3n) is 2.42. The van der Waals surface area contributed by atoms with Crippen LogP contribution in [0.25, 0.3) is 11.0 Å². The van der Waals surface area contributed by atoms with Crippen molar-refractivity contribution in [2.75, 3.05) is 7.11 Å². The third kappa shape index (κ3) is 2.10. The number of carbonyl (C=O) groups excluding carboxylic acids is 1. The lowest BCUT2D eigenvalue weighted by Crippen LogP contribution is -2.19. The summed E-state index contributed by atoms with van der Waals surface area (Å²) in [5.74, 6) is -0.472. The maximum Gasteiger partial charge on any atom is 0.346 e. The summed E-state index contributed by atoms with van der Waals surface area (Å²) in [5, 5.41) is 0.556. The molecular weight excluding hydrogens is 254 g/mol. The minimum atomic E-state index is -0.596. The summed E-state index contributed by atoms with van der Waals surface area (Å²) in [5.41, 5.74) is 5.63. The van der Waals surface area contributed by atoms with E-state index in [1.54, 1.807) is 6.07 Å². The Morgan fingerprint density at radius 1 is 1.39 bits per heavy atom. The van der Waals surface area contributed by atoms with Crippen LogP contribution in [0.2, 0.25) is 0 Å². The fraction of sp³-hybridized carbons (Fsp3) is 0.0833. The molecule has 0 aliphatic rings. The molecule has 18 heavy (non-hydrogen) atoms. The van der Waals surface area contributed by atoms with E-state index >= 15 is 0 Å². The fourth-order valence-corrected chi connectivity index (χ4v) is 1.68. The predicted octanol–water partition coefficient (Wildman–Crippen LogP) is 1.21. The Morgan fingerprint density at radius 2 is 2.11 bits per heavy atom. The molecule has 1 aromatic heterocycles. The second-order valence-electron chi connectivity index (χ2n) is 3.56. The fourth-order valence-electron chi connectivity index (χ4n) is 1.54. The lowest BCUT2D eigenvalue weighted by atomic mass is 10.1. The van der Waals surface area contributed by atoms with Crippen LogP contribution < -0.4 is 11.4 Å². The molecule has 2 aromatic rings. The van der Waals surface area contributed by atoms with Gasteiger partial charge in [-0.15, -0.1) is 0 Å². The summed E-state index contributed by atoms with van der Waals surface area (Å²) in [7, 11) is 1.29. The largest absolute Gasteiger partial charge is 0.465 e. The van der Waals surface area contributed by atoms with E-state index in [9.17, 15) is 9.59 Å². The first kappa shape index (κ1) is 12.3. The van der Waals surface area contributed by atoms with Crippen molar-refractivity contribution in [1.82, 2.24) is 0 Å². The van der Waals surface area contributed by atoms with E-state index in [0.29, 0.717) is 16.5 Å². The van der Waals surface area contributed by atoms with Crippen molar-refractivity contribution >= 4 is 34.1 Å². The molecular formula is C12H9NO4S. The van der Waals surface area contributed by atoms with Crippen LogP contribution in [0.4, 0.5) is 0 Å². The lowest BCUT2D eigenvalue weighted by molar-refractivity contribution is 0.0601. The van der Waals surface area contributed by atoms with Crippen LogP contribution in [-0.4, -0.2) is 18.1 Å². The number of ether oxygens (including phenoxy) is 1. The van der Waals surface area contributed by atoms with E-state index < -0.39 is 11.6 Å². The van der Waals surface area contributed by atoms with Crippen molar-refractivity contribution in [2.24, 2.45) is 5.73 Å². The van der Waals surface area contributed by atoms with Gasteiger partial charge in [-0.05, 0) is 24.3 Å². The summed E-state index contributed by atoms with van der Waals surface area (Å²) in [6.07, 6.45) is 0. The van der Waals surface area contributed by atoms with Gasteiger partial charge in [0.25, 0.3) is 0 Å². The maximum atomic E-state index is 11.5. The molecule has 0 fully saturated rings. The maximum absolute atomic E-state index is 11.5. The third-order valence-corrected chi connectivity index (χ3v) is 2.64. The van der Waals surface area contributed by atoms with Gasteiger partial charge >= 0.3 is 11.6 Å². The zero-order chi connectivity index (χ0) is 13.3. The number of carbonyl (C=O) groups is 1. The number of nitrogens with two attached hydrogens (primary N) is 1. The molecule has 0 aliphatic heterocycles. The topological polar surface area (TPSA) is 82.5 Å². The number of fused-ring (bicyclic) bond motifs is 1. The van der Waals surface area contributed by atoms with Gasteiger partial charge in [0, 0.05) is 5.39 Å². The minimum Gasteiger partial charge on any atom is -0.465 e. The molecule has 1 heterocycles. The Balaban J connectivity index is 2.69. The first-order valence-electron chi connectivity index (χ1n) is 4.99. The van der Waals surface area contributed by atoms with Gasteiger partial charge in [0.15, 0.2) is 0 Å². The lowest BCUT2D eigenvalue weighted by Gasteiger charge is -2.03. The Kier molecular flexibility index (Phi) is 3.12. The van der Waals surface area contributed by atoms with Crippen molar-refractivity contribution < 1.29 is 13.9 Å². The number of thiocarbonyl (C=S) groups is 1. The molecule has 1 aromatic carbocycles. The highest BCUT2D eigenvalue weighted by Gasteiger charge is 2.10. The number of rotatable bonds is 2. The van der Waals surface area contributed by atoms with Crippen LogP contribution in [0.1, 0.15) is 15.9 Å². The van der Waals surface area contributed by atoms with Gasteiger partial charge in [-0.3, -0.25) is 0 Å². The molecule has 0 unspecified atom stereocenters. The first-order chi connectivity index (χ1) is 8.52. The van der Waals surface area contributed by atoms with E-state index in [2.05, 4.69) is 4.74 Å². The van der Waals surface area contributed by atoms with Crippen LogP contribution >= 0.6 is 12.2 Å². The second kappa shape index (κ2) is 4.58. The van der Waals surface area contributed by atoms with Gasteiger partial charge in [0.05, 0.1) is 18.2 Å². The van der Waals surface area contributed by atoms with E-state index in [4.69, 9.17) is 22.4 Å². The molecule has 92 valence electrons. The van der Waals surface area contributed by atoms with Gasteiger partial charge in [-0.25, -0.2) is 9.59 Å². The standard InChI is InChI=1S/C12H9NO4S/c1-16-11(14)6-2-3-9-7(4-6)5-8(10(13)18)12(15)17-9/h2-5H,1H3,(H2,13,18). The summed E-state index contributed by atoms with van der Waals surface area (Å²) in [4.78, 5) is 22.9. The average Bonchev–Trinajstić information content (AvgIpc) is 2.36. The smallest absolute Gasteiger partial charge is 0.346 e. The molecule has 0 amide bonds. The van der Waals surface area contributed by atoms with E-state index in [1.807, 2.05) is 0 Å². The van der Waals surface area contributed by atoms with Crippen molar-refractivity contribution in [3.05, 3.63) is 45.8 Å². The second-order valence-corrected chi connectivity index (χ2v) is 4.00. The van der Waals surface area contributed by atoms with E-state index in [1.165, 1.54) is 25.3 Å². The number of esters is 1. The summed E-state index contributed by atoms with van der Waals surface area (Å²) >= 11 is 4.75. The van der Waals surface area contributed by atoms with Crippen LogP contribution in [0.15, 0.2) is 33.5 Å². The highest BCUT2D eigenvalue weighted by molar-refractivity contribution is 7.80. The summed E-state index contributed by atoms with van der Waals surface area (Å²) < 4.78 is 9.65. The van der Waals surface area contributed by atoms with E-state index in [0.717, 1.165) is 0 Å². The van der Waals surface area contributed by atoms with Gasteiger partial charge < -0.3 is 14.9 Å². The molecule has 5 nitrogen and oxygen atoms in total. The summed E-state index contributed by atoms with van der Waals surface area (Å²) in [6, 6.07) is 6.08. The molecule has 0 bridgehead atoms. The quantitative estimate of drug-likeness (QED) is 0.498. The highest BCUT2D eigenvalue weighted by Crippen LogP contribution is 2.16. The minimum absolute atomic E-state index is 0.0471. The normalized spacial score (nSPS) is 10.3. The van der Waals surface area contributed by atoms with Crippen LogP contribution in [-0.2, 0) is 4.74 Å². The molecule has 2 rings (SSSR count). The molecule has 0 atom stereocenters. The molecule has 6 heteroatoms. The van der Waals surface area contributed by atoms with Gasteiger partial charge in [-0.1, -0.05) is 12.2 Å². The van der Waals surface area contributed by atoms with Crippen molar-refractivity contribution in [2.45, 2.75) is 0 Å². The van der Waals surface area contributed by atoms with Crippen LogP contribution in [0.5, 0.6) is 0 Å². The number of hydrogen-bond donors (Lipinski definition) is 1. The Bertz CT molecular complexity index is 705. The SMILES string of the molecule is COC(=O)c1ccc2oc(=O)c(C(N)=S)cc2c1. The zero-order valence-electron chi connectivity index (χ0n) is 9.43. The monoisotopic (exact) mass is 263 g/mol. The molecule has 0 radical (unpaired) electrons. The molecule has 0 spiro atoms. The highest BCUT2D eigenvalue weighted by atomic mass is 32.1. The van der Waals surface area contributed by atoms with E-state index in [-0.39, 0.29) is 10.6 Å². The Hall–Kier alpha value is -2.21. The van der Waals surface area contributed by atoms with Crippen molar-refractivity contribution in [3.8, 4) is 0 Å². The van der Waals surface area contributed by atoms with Crippen molar-refractivity contribution in [1.29, 1.82) is 0 Å². The zero-order valence-corrected chi connectivity index (χ0v) is 10.2.